The number of rotatable bonds is 4. The number of fused-ring (bicyclic) bond motifs is 1. The first-order chi connectivity index (χ1) is 12.9. The van der Waals surface area contributed by atoms with E-state index in [1.807, 2.05) is 12.1 Å². The standard InChI is InChI=1S/C21H17F3N2O/c22-21(23,24)15-8-6-14(7-9-15)13-26(16-10-11-16)20(27)18-3-1-5-19-17(18)4-2-12-25-19/h1-9,12,16H,10-11,13H2. The van der Waals surface area contributed by atoms with Gasteiger partial charge in [-0.05, 0) is 48.7 Å². The number of carbonyl (C=O) groups excluding carboxylic acids is 1. The molecule has 4 rings (SSSR count). The molecular formula is C21H17F3N2O. The molecule has 1 saturated carbocycles. The third kappa shape index (κ3) is 3.65. The zero-order valence-electron chi connectivity index (χ0n) is 14.4. The Hall–Kier alpha value is -2.89. The molecule has 0 radical (unpaired) electrons. The fraction of sp³-hybridized carbons (Fsp3) is 0.238. The van der Waals surface area contributed by atoms with Crippen molar-refractivity contribution in [3.05, 3.63) is 77.5 Å². The molecule has 1 heterocycles. The second-order valence-electron chi connectivity index (χ2n) is 6.73. The molecule has 138 valence electrons. The van der Waals surface area contributed by atoms with Crippen LogP contribution < -0.4 is 0 Å². The van der Waals surface area contributed by atoms with Gasteiger partial charge in [-0.25, -0.2) is 0 Å². The van der Waals surface area contributed by atoms with Crippen molar-refractivity contribution in [3.63, 3.8) is 0 Å². The number of hydrogen-bond acceptors (Lipinski definition) is 2. The molecule has 2 aromatic carbocycles. The average molecular weight is 370 g/mol. The van der Waals surface area contributed by atoms with Crippen molar-refractivity contribution >= 4 is 16.8 Å². The zero-order chi connectivity index (χ0) is 19.0. The lowest BCUT2D eigenvalue weighted by molar-refractivity contribution is -0.137. The second-order valence-corrected chi connectivity index (χ2v) is 6.73. The molecule has 27 heavy (non-hydrogen) atoms. The molecule has 1 amide bonds. The molecule has 0 saturated heterocycles. The maximum atomic E-state index is 13.2. The third-order valence-corrected chi connectivity index (χ3v) is 4.76. The highest BCUT2D eigenvalue weighted by Crippen LogP contribution is 2.32. The maximum Gasteiger partial charge on any atom is 0.416 e. The van der Waals surface area contributed by atoms with Gasteiger partial charge in [0.15, 0.2) is 0 Å². The fourth-order valence-electron chi connectivity index (χ4n) is 3.19. The second kappa shape index (κ2) is 6.68. The number of aromatic nitrogens is 1. The number of pyridine rings is 1. The highest BCUT2D eigenvalue weighted by atomic mass is 19.4. The zero-order valence-corrected chi connectivity index (χ0v) is 14.4. The number of halogens is 3. The van der Waals surface area contributed by atoms with Gasteiger partial charge in [0.05, 0.1) is 11.1 Å². The van der Waals surface area contributed by atoms with Crippen LogP contribution in [0.4, 0.5) is 13.2 Å². The number of benzene rings is 2. The van der Waals surface area contributed by atoms with E-state index in [4.69, 9.17) is 0 Å². The first-order valence-electron chi connectivity index (χ1n) is 8.74. The predicted molar refractivity (Wildman–Crippen MR) is 96.1 cm³/mol. The van der Waals surface area contributed by atoms with Gasteiger partial charge in [-0.15, -0.1) is 0 Å². The van der Waals surface area contributed by atoms with Gasteiger partial charge in [-0.2, -0.15) is 13.2 Å². The molecule has 1 aliphatic rings. The number of carbonyl (C=O) groups is 1. The van der Waals surface area contributed by atoms with Crippen molar-refractivity contribution in [1.29, 1.82) is 0 Å². The predicted octanol–water partition coefficient (Wildman–Crippen LogP) is 5.06. The third-order valence-electron chi connectivity index (χ3n) is 4.76. The minimum Gasteiger partial charge on any atom is -0.331 e. The van der Waals surface area contributed by atoms with Crippen molar-refractivity contribution < 1.29 is 18.0 Å². The maximum absolute atomic E-state index is 13.2. The Kier molecular flexibility index (Phi) is 4.34. The number of nitrogens with zero attached hydrogens (tertiary/aromatic N) is 2. The van der Waals surface area contributed by atoms with Crippen LogP contribution in [-0.4, -0.2) is 21.8 Å². The molecule has 0 atom stereocenters. The van der Waals surface area contributed by atoms with E-state index in [0.29, 0.717) is 11.1 Å². The van der Waals surface area contributed by atoms with Crippen molar-refractivity contribution in [1.82, 2.24) is 9.88 Å². The van der Waals surface area contributed by atoms with E-state index in [9.17, 15) is 18.0 Å². The van der Waals surface area contributed by atoms with Crippen LogP contribution in [0.25, 0.3) is 10.9 Å². The summed E-state index contributed by atoms with van der Waals surface area (Å²) in [5, 5.41) is 0.781. The molecule has 1 aliphatic carbocycles. The van der Waals surface area contributed by atoms with Gasteiger partial charge in [-0.3, -0.25) is 9.78 Å². The van der Waals surface area contributed by atoms with E-state index in [2.05, 4.69) is 4.98 Å². The summed E-state index contributed by atoms with van der Waals surface area (Å²) in [4.78, 5) is 19.2. The molecular weight excluding hydrogens is 353 g/mol. The first-order valence-corrected chi connectivity index (χ1v) is 8.74. The summed E-state index contributed by atoms with van der Waals surface area (Å²) in [7, 11) is 0. The summed E-state index contributed by atoms with van der Waals surface area (Å²) in [6.45, 7) is 0.290. The molecule has 3 nitrogen and oxygen atoms in total. The molecule has 0 spiro atoms. The van der Waals surface area contributed by atoms with Crippen LogP contribution >= 0.6 is 0 Å². The molecule has 0 aliphatic heterocycles. The van der Waals surface area contributed by atoms with Crippen molar-refractivity contribution in [2.45, 2.75) is 31.6 Å². The minimum atomic E-state index is -4.36. The lowest BCUT2D eigenvalue weighted by Crippen LogP contribution is -2.32. The summed E-state index contributed by atoms with van der Waals surface area (Å²) in [5.41, 5.74) is 1.31. The summed E-state index contributed by atoms with van der Waals surface area (Å²) < 4.78 is 38.2. The van der Waals surface area contributed by atoms with Gasteiger partial charge in [0, 0.05) is 29.7 Å². The molecule has 6 heteroatoms. The highest BCUT2D eigenvalue weighted by Gasteiger charge is 2.34. The lowest BCUT2D eigenvalue weighted by Gasteiger charge is -2.23. The quantitative estimate of drug-likeness (QED) is 0.643. The van der Waals surface area contributed by atoms with Crippen LogP contribution in [0.15, 0.2) is 60.8 Å². The van der Waals surface area contributed by atoms with Gasteiger partial charge in [0.25, 0.3) is 5.91 Å². The first kappa shape index (κ1) is 17.5. The number of amides is 1. The van der Waals surface area contributed by atoms with Crippen molar-refractivity contribution in [2.24, 2.45) is 0 Å². The summed E-state index contributed by atoms with van der Waals surface area (Å²) in [6.07, 6.45) is -0.858. The largest absolute Gasteiger partial charge is 0.416 e. The number of alkyl halides is 3. The van der Waals surface area contributed by atoms with Gasteiger partial charge in [0.2, 0.25) is 0 Å². The van der Waals surface area contributed by atoms with Crippen LogP contribution in [0.1, 0.15) is 34.3 Å². The smallest absolute Gasteiger partial charge is 0.331 e. The van der Waals surface area contributed by atoms with E-state index < -0.39 is 11.7 Å². The van der Waals surface area contributed by atoms with E-state index in [1.165, 1.54) is 12.1 Å². The summed E-state index contributed by atoms with van der Waals surface area (Å²) in [6, 6.07) is 14.2. The Bertz CT molecular complexity index is 973. The Balaban J connectivity index is 1.62. The van der Waals surface area contributed by atoms with Crippen LogP contribution in [0.5, 0.6) is 0 Å². The van der Waals surface area contributed by atoms with E-state index in [0.717, 1.165) is 35.9 Å². The Labute approximate surface area is 154 Å². The Morgan fingerprint density at radius 3 is 2.44 bits per heavy atom. The topological polar surface area (TPSA) is 33.2 Å². The molecule has 0 N–H and O–H groups in total. The molecule has 0 unspecified atom stereocenters. The Morgan fingerprint density at radius 1 is 1.04 bits per heavy atom. The number of hydrogen-bond donors (Lipinski definition) is 0. The SMILES string of the molecule is O=C(c1cccc2ncccc12)N(Cc1ccc(C(F)(F)F)cc1)C1CC1. The van der Waals surface area contributed by atoms with E-state index >= 15 is 0 Å². The van der Waals surface area contributed by atoms with Crippen molar-refractivity contribution in [3.8, 4) is 0 Å². The van der Waals surface area contributed by atoms with Gasteiger partial charge in [-0.1, -0.05) is 24.3 Å². The Morgan fingerprint density at radius 2 is 1.78 bits per heavy atom. The molecule has 0 bridgehead atoms. The summed E-state index contributed by atoms with van der Waals surface area (Å²) in [5.74, 6) is -0.115. The fourth-order valence-corrected chi connectivity index (χ4v) is 3.19. The molecule has 1 aromatic heterocycles. The average Bonchev–Trinajstić information content (AvgIpc) is 3.50. The van der Waals surface area contributed by atoms with E-state index in [1.54, 1.807) is 29.3 Å². The van der Waals surface area contributed by atoms with Crippen LogP contribution in [0.2, 0.25) is 0 Å². The van der Waals surface area contributed by atoms with Crippen LogP contribution in [-0.2, 0) is 12.7 Å². The van der Waals surface area contributed by atoms with Gasteiger partial charge in [0.1, 0.15) is 0 Å². The monoisotopic (exact) mass is 370 g/mol. The summed E-state index contributed by atoms with van der Waals surface area (Å²) >= 11 is 0. The van der Waals surface area contributed by atoms with Crippen LogP contribution in [0, 0.1) is 0 Å². The van der Waals surface area contributed by atoms with Crippen LogP contribution in [0.3, 0.4) is 0 Å². The molecule has 3 aromatic rings. The lowest BCUT2D eigenvalue weighted by atomic mass is 10.1. The van der Waals surface area contributed by atoms with Gasteiger partial charge >= 0.3 is 6.18 Å². The van der Waals surface area contributed by atoms with Gasteiger partial charge < -0.3 is 4.90 Å². The highest BCUT2D eigenvalue weighted by molar-refractivity contribution is 6.06. The minimum absolute atomic E-state index is 0.115. The molecule has 1 fully saturated rings. The van der Waals surface area contributed by atoms with E-state index in [-0.39, 0.29) is 18.5 Å². The van der Waals surface area contributed by atoms with Crippen molar-refractivity contribution in [2.75, 3.05) is 0 Å². The normalized spacial score (nSPS) is 14.3.